The summed E-state index contributed by atoms with van der Waals surface area (Å²) >= 11 is 0. The Hall–Kier alpha value is -1.89. The number of para-hydroxylation sites is 1. The lowest BCUT2D eigenvalue weighted by atomic mass is 9.96. The molecule has 0 saturated carbocycles. The van der Waals surface area contributed by atoms with Gasteiger partial charge in [0.1, 0.15) is 17.3 Å². The van der Waals surface area contributed by atoms with Gasteiger partial charge in [0, 0.05) is 32.2 Å². The van der Waals surface area contributed by atoms with Gasteiger partial charge >= 0.3 is 6.03 Å². The minimum absolute atomic E-state index is 0.0310. The molecule has 2 saturated heterocycles. The molecule has 0 radical (unpaired) electrons. The molecule has 3 rings (SSSR count). The van der Waals surface area contributed by atoms with E-state index >= 15 is 0 Å². The average Bonchev–Trinajstić information content (AvgIpc) is 2.98. The zero-order valence-corrected chi connectivity index (χ0v) is 13.7. The second-order valence-electron chi connectivity index (χ2n) is 6.73. The predicted octanol–water partition coefficient (Wildman–Crippen LogP) is 1.96. The largest absolute Gasteiger partial charge is 0.391 e. The normalized spacial score (nSPS) is 27.4. The highest BCUT2D eigenvalue weighted by molar-refractivity contribution is 5.75. The zero-order valence-electron chi connectivity index (χ0n) is 13.7. The number of rotatable bonds is 2. The Morgan fingerprint density at radius 1 is 1.21 bits per heavy atom. The number of halogens is 2. The van der Waals surface area contributed by atoms with Crippen LogP contribution >= 0.6 is 0 Å². The van der Waals surface area contributed by atoms with E-state index in [1.165, 1.54) is 18.2 Å². The highest BCUT2D eigenvalue weighted by Crippen LogP contribution is 2.27. The summed E-state index contributed by atoms with van der Waals surface area (Å²) in [5.74, 6) is -0.981. The third-order valence-electron chi connectivity index (χ3n) is 4.98. The summed E-state index contributed by atoms with van der Waals surface area (Å²) in [5, 5.41) is 12.8. The molecule has 24 heavy (non-hydrogen) atoms. The fourth-order valence-electron chi connectivity index (χ4n) is 3.37. The number of piperidine rings is 1. The van der Waals surface area contributed by atoms with Crippen molar-refractivity contribution in [2.24, 2.45) is 5.92 Å². The number of carbonyl (C=O) groups is 1. The van der Waals surface area contributed by atoms with Gasteiger partial charge in [0.15, 0.2) is 0 Å². The van der Waals surface area contributed by atoms with Crippen LogP contribution in [0.1, 0.15) is 19.8 Å². The lowest BCUT2D eigenvalue weighted by Gasteiger charge is -2.34. The van der Waals surface area contributed by atoms with E-state index in [4.69, 9.17) is 0 Å². The molecule has 2 amide bonds. The summed E-state index contributed by atoms with van der Waals surface area (Å²) in [5.41, 5.74) is -0.0310. The summed E-state index contributed by atoms with van der Waals surface area (Å²) in [6.07, 6.45) is 0.898. The molecule has 0 spiro atoms. The number of nitrogens with one attached hydrogen (secondary N) is 1. The molecule has 0 aliphatic carbocycles. The lowest BCUT2D eigenvalue weighted by molar-refractivity contribution is 0.0431. The number of amides is 2. The molecular weight excluding hydrogens is 316 g/mol. The molecule has 132 valence electrons. The Morgan fingerprint density at radius 2 is 1.92 bits per heavy atom. The van der Waals surface area contributed by atoms with Gasteiger partial charge in [0.05, 0.1) is 6.10 Å². The van der Waals surface area contributed by atoms with Gasteiger partial charge in [-0.2, -0.15) is 0 Å². The molecule has 2 fully saturated rings. The maximum absolute atomic E-state index is 13.9. The van der Waals surface area contributed by atoms with Gasteiger partial charge < -0.3 is 20.2 Å². The SMILES string of the molecule is CC1CCN(C(=O)NC2CCN(c3c(F)cccc3F)C2)CC1O. The highest BCUT2D eigenvalue weighted by Gasteiger charge is 2.31. The Balaban J connectivity index is 1.57. The zero-order chi connectivity index (χ0) is 17.3. The van der Waals surface area contributed by atoms with E-state index in [0.717, 1.165) is 6.42 Å². The van der Waals surface area contributed by atoms with E-state index in [1.54, 1.807) is 9.80 Å². The first-order valence-corrected chi connectivity index (χ1v) is 8.38. The Kier molecular flexibility index (Phi) is 4.89. The number of benzene rings is 1. The molecule has 0 aromatic heterocycles. The van der Waals surface area contributed by atoms with E-state index in [1.807, 2.05) is 6.92 Å². The van der Waals surface area contributed by atoms with Gasteiger partial charge in [-0.3, -0.25) is 0 Å². The van der Waals surface area contributed by atoms with Crippen molar-refractivity contribution >= 4 is 11.7 Å². The van der Waals surface area contributed by atoms with Crippen LogP contribution in [0.5, 0.6) is 0 Å². The monoisotopic (exact) mass is 339 g/mol. The number of hydrogen-bond donors (Lipinski definition) is 2. The number of anilines is 1. The number of aliphatic hydroxyl groups is 1. The van der Waals surface area contributed by atoms with Gasteiger partial charge in [-0.15, -0.1) is 0 Å². The van der Waals surface area contributed by atoms with Crippen molar-refractivity contribution < 1.29 is 18.7 Å². The number of nitrogens with zero attached hydrogens (tertiary/aromatic N) is 2. The van der Waals surface area contributed by atoms with Crippen LogP contribution in [-0.4, -0.2) is 54.4 Å². The molecule has 1 aromatic rings. The fourth-order valence-corrected chi connectivity index (χ4v) is 3.37. The van der Waals surface area contributed by atoms with E-state index < -0.39 is 17.7 Å². The average molecular weight is 339 g/mol. The van der Waals surface area contributed by atoms with E-state index in [2.05, 4.69) is 5.32 Å². The Morgan fingerprint density at radius 3 is 2.58 bits per heavy atom. The molecule has 1 aromatic carbocycles. The summed E-state index contributed by atoms with van der Waals surface area (Å²) in [6.45, 7) is 3.77. The first-order valence-electron chi connectivity index (χ1n) is 8.38. The molecule has 3 unspecified atom stereocenters. The number of β-amino-alcohol motifs (C(OH)–C–C–N with tert-alkyl or cyclic N) is 1. The Labute approximate surface area is 140 Å². The minimum atomic E-state index is -0.588. The lowest BCUT2D eigenvalue weighted by Crippen LogP contribution is -2.52. The van der Waals surface area contributed by atoms with Crippen molar-refractivity contribution in [3.8, 4) is 0 Å². The topological polar surface area (TPSA) is 55.8 Å². The van der Waals surface area contributed by atoms with Crippen molar-refractivity contribution in [2.45, 2.75) is 31.9 Å². The maximum Gasteiger partial charge on any atom is 0.317 e. The summed E-state index contributed by atoms with van der Waals surface area (Å²) < 4.78 is 27.7. The predicted molar refractivity (Wildman–Crippen MR) is 86.9 cm³/mol. The van der Waals surface area contributed by atoms with Crippen LogP contribution in [0.15, 0.2) is 18.2 Å². The van der Waals surface area contributed by atoms with Crippen LogP contribution < -0.4 is 10.2 Å². The quantitative estimate of drug-likeness (QED) is 0.866. The minimum Gasteiger partial charge on any atom is -0.391 e. The smallest absolute Gasteiger partial charge is 0.317 e. The molecule has 5 nitrogen and oxygen atoms in total. The summed E-state index contributed by atoms with van der Waals surface area (Å²) in [4.78, 5) is 15.6. The standard InChI is InChI=1S/C17H23F2N3O2/c1-11-5-7-22(10-15(11)23)17(24)20-12-6-8-21(9-12)16-13(18)3-2-4-14(16)19/h2-4,11-12,15,23H,5-10H2,1H3,(H,20,24). The van der Waals surface area contributed by atoms with Crippen LogP contribution in [0.25, 0.3) is 0 Å². The molecule has 3 atom stereocenters. The molecule has 2 heterocycles. The summed E-state index contributed by atoms with van der Waals surface area (Å²) in [7, 11) is 0. The summed E-state index contributed by atoms with van der Waals surface area (Å²) in [6, 6.07) is 3.43. The van der Waals surface area contributed by atoms with E-state index in [9.17, 15) is 18.7 Å². The second kappa shape index (κ2) is 6.93. The molecule has 2 aliphatic rings. The molecule has 0 bridgehead atoms. The molecular formula is C17H23F2N3O2. The van der Waals surface area contributed by atoms with Crippen LogP contribution in [0.2, 0.25) is 0 Å². The van der Waals surface area contributed by atoms with E-state index in [0.29, 0.717) is 32.6 Å². The van der Waals surface area contributed by atoms with Gasteiger partial charge in [-0.05, 0) is 30.9 Å². The van der Waals surface area contributed by atoms with Crippen LogP contribution in [0.4, 0.5) is 19.3 Å². The van der Waals surface area contributed by atoms with Crippen molar-refractivity contribution in [1.29, 1.82) is 0 Å². The van der Waals surface area contributed by atoms with Gasteiger partial charge in [0.2, 0.25) is 0 Å². The highest BCUT2D eigenvalue weighted by atomic mass is 19.1. The van der Waals surface area contributed by atoms with Crippen molar-refractivity contribution in [2.75, 3.05) is 31.1 Å². The second-order valence-corrected chi connectivity index (χ2v) is 6.73. The van der Waals surface area contributed by atoms with Crippen molar-refractivity contribution in [1.82, 2.24) is 10.2 Å². The number of aliphatic hydroxyl groups excluding tert-OH is 1. The van der Waals surface area contributed by atoms with Crippen LogP contribution in [-0.2, 0) is 0 Å². The van der Waals surface area contributed by atoms with Gasteiger partial charge in [-0.25, -0.2) is 13.6 Å². The number of hydrogen-bond acceptors (Lipinski definition) is 3. The molecule has 2 N–H and O–H groups in total. The van der Waals surface area contributed by atoms with Gasteiger partial charge in [-0.1, -0.05) is 13.0 Å². The van der Waals surface area contributed by atoms with Crippen molar-refractivity contribution in [3.63, 3.8) is 0 Å². The first kappa shape index (κ1) is 17.0. The van der Waals surface area contributed by atoms with Crippen LogP contribution in [0, 0.1) is 17.6 Å². The Bertz CT molecular complexity index is 593. The maximum atomic E-state index is 13.9. The molecule has 2 aliphatic heterocycles. The third-order valence-corrected chi connectivity index (χ3v) is 4.98. The third kappa shape index (κ3) is 3.45. The van der Waals surface area contributed by atoms with Crippen LogP contribution in [0.3, 0.4) is 0 Å². The molecule has 7 heteroatoms. The number of carbonyl (C=O) groups excluding carboxylic acids is 1. The number of urea groups is 1. The van der Waals surface area contributed by atoms with Gasteiger partial charge in [0.25, 0.3) is 0 Å². The van der Waals surface area contributed by atoms with Crippen molar-refractivity contribution in [3.05, 3.63) is 29.8 Å². The first-order chi connectivity index (χ1) is 11.5. The van der Waals surface area contributed by atoms with E-state index in [-0.39, 0.29) is 23.7 Å². The fraction of sp³-hybridized carbons (Fsp3) is 0.588. The number of likely N-dealkylation sites (tertiary alicyclic amines) is 1.